The van der Waals surface area contributed by atoms with Gasteiger partial charge >= 0.3 is 6.03 Å². The Hall–Kier alpha value is -2.57. The molecule has 0 saturated carbocycles. The molecule has 1 saturated heterocycles. The molecule has 4 heterocycles. The van der Waals surface area contributed by atoms with Crippen LogP contribution in [0.3, 0.4) is 0 Å². The Kier molecular flexibility index (Phi) is 4.53. The average molecular weight is 356 g/mol. The van der Waals surface area contributed by atoms with Crippen LogP contribution in [0.5, 0.6) is 0 Å². The van der Waals surface area contributed by atoms with Crippen molar-refractivity contribution in [2.75, 3.05) is 13.1 Å². The number of hydrogen-bond donors (Lipinski definition) is 1. The summed E-state index contributed by atoms with van der Waals surface area (Å²) in [6.07, 6.45) is 2.93. The Morgan fingerprint density at radius 3 is 3.08 bits per heavy atom. The lowest BCUT2D eigenvalue weighted by Crippen LogP contribution is -2.51. The van der Waals surface area contributed by atoms with E-state index in [1.165, 1.54) is 0 Å². The highest BCUT2D eigenvalue weighted by molar-refractivity contribution is 5.74. The van der Waals surface area contributed by atoms with Crippen LogP contribution in [0.1, 0.15) is 42.8 Å². The fraction of sp³-hybridized carbons (Fsp3) is 0.526. The number of carbonyl (C=O) groups is 1. The van der Waals surface area contributed by atoms with E-state index in [2.05, 4.69) is 17.4 Å². The minimum absolute atomic E-state index is 0.0586. The Labute approximate surface area is 152 Å². The summed E-state index contributed by atoms with van der Waals surface area (Å²) in [6.45, 7) is 4.45. The maximum atomic E-state index is 12.6. The van der Waals surface area contributed by atoms with Gasteiger partial charge in [0.05, 0.1) is 12.2 Å². The molecule has 7 nitrogen and oxygen atoms in total. The van der Waals surface area contributed by atoms with Crippen LogP contribution < -0.4 is 10.9 Å². The summed E-state index contributed by atoms with van der Waals surface area (Å²) in [5.41, 5.74) is 2.03. The maximum Gasteiger partial charge on any atom is 0.317 e. The lowest BCUT2D eigenvalue weighted by atomic mass is 9.83. The molecule has 0 aliphatic carbocycles. The van der Waals surface area contributed by atoms with Gasteiger partial charge in [-0.25, -0.2) is 4.79 Å². The fourth-order valence-electron chi connectivity index (χ4n) is 4.15. The van der Waals surface area contributed by atoms with E-state index >= 15 is 0 Å². The number of urea groups is 1. The molecule has 2 aromatic rings. The molecule has 0 radical (unpaired) electrons. The van der Waals surface area contributed by atoms with Crippen molar-refractivity contribution in [2.45, 2.75) is 45.2 Å². The molecule has 2 atom stereocenters. The Bertz CT molecular complexity index is 856. The molecule has 2 unspecified atom stereocenters. The first-order valence-corrected chi connectivity index (χ1v) is 9.31. The van der Waals surface area contributed by atoms with Crippen molar-refractivity contribution in [3.05, 3.63) is 51.8 Å². The van der Waals surface area contributed by atoms with Gasteiger partial charge in [0.1, 0.15) is 0 Å². The zero-order valence-corrected chi connectivity index (χ0v) is 15.0. The summed E-state index contributed by atoms with van der Waals surface area (Å²) in [6, 6.07) is 7.25. The number of piperidine rings is 1. The van der Waals surface area contributed by atoms with Gasteiger partial charge in [-0.2, -0.15) is 0 Å². The lowest BCUT2D eigenvalue weighted by molar-refractivity contribution is 0.130. The van der Waals surface area contributed by atoms with Gasteiger partial charge in [0.2, 0.25) is 0 Å². The third-order valence-electron chi connectivity index (χ3n) is 5.29. The van der Waals surface area contributed by atoms with Gasteiger partial charge in [-0.05, 0) is 24.8 Å². The Balaban J connectivity index is 1.40. The first-order chi connectivity index (χ1) is 12.6. The largest absolute Gasteiger partial charge is 0.359 e. The second-order valence-corrected chi connectivity index (χ2v) is 7.30. The molecule has 2 aromatic heterocycles. The van der Waals surface area contributed by atoms with Crippen molar-refractivity contribution in [3.8, 4) is 0 Å². The van der Waals surface area contributed by atoms with E-state index in [0.717, 1.165) is 30.7 Å². The highest BCUT2D eigenvalue weighted by Gasteiger charge is 2.36. The SMILES string of the molecule is CCCc1cc(CNC(=O)N2CC3CC(C2)c2cccc(=O)n2C3)on1. The van der Waals surface area contributed by atoms with E-state index in [0.29, 0.717) is 37.9 Å². The van der Waals surface area contributed by atoms with E-state index in [-0.39, 0.29) is 17.5 Å². The molecule has 138 valence electrons. The average Bonchev–Trinajstić information content (AvgIpc) is 3.08. The number of rotatable bonds is 4. The number of likely N-dealkylation sites (tertiary alicyclic amines) is 1. The Morgan fingerprint density at radius 1 is 1.35 bits per heavy atom. The quantitative estimate of drug-likeness (QED) is 0.910. The minimum atomic E-state index is -0.0835. The third-order valence-corrected chi connectivity index (χ3v) is 5.29. The molecule has 4 rings (SSSR count). The second kappa shape index (κ2) is 6.97. The summed E-state index contributed by atoms with van der Waals surface area (Å²) in [5, 5.41) is 6.94. The molecule has 0 spiro atoms. The summed E-state index contributed by atoms with van der Waals surface area (Å²) in [5.74, 6) is 1.23. The van der Waals surface area contributed by atoms with Crippen molar-refractivity contribution in [1.82, 2.24) is 19.9 Å². The molecule has 26 heavy (non-hydrogen) atoms. The minimum Gasteiger partial charge on any atom is -0.359 e. The number of nitrogens with zero attached hydrogens (tertiary/aromatic N) is 3. The highest BCUT2D eigenvalue weighted by Crippen LogP contribution is 2.34. The number of hydrogen-bond acceptors (Lipinski definition) is 4. The van der Waals surface area contributed by atoms with E-state index < -0.39 is 0 Å². The normalized spacial score (nSPS) is 21.3. The summed E-state index contributed by atoms with van der Waals surface area (Å²) < 4.78 is 7.14. The number of aromatic nitrogens is 2. The summed E-state index contributed by atoms with van der Waals surface area (Å²) in [4.78, 5) is 26.5. The van der Waals surface area contributed by atoms with Gasteiger partial charge in [-0.3, -0.25) is 4.79 Å². The maximum absolute atomic E-state index is 12.6. The number of pyridine rings is 1. The van der Waals surface area contributed by atoms with Crippen molar-refractivity contribution < 1.29 is 9.32 Å². The van der Waals surface area contributed by atoms with Crippen molar-refractivity contribution in [2.24, 2.45) is 5.92 Å². The van der Waals surface area contributed by atoms with Crippen LogP contribution in [0.2, 0.25) is 0 Å². The first kappa shape index (κ1) is 16.9. The molecule has 7 heteroatoms. The van der Waals surface area contributed by atoms with Crippen LogP contribution in [0.4, 0.5) is 4.79 Å². The number of nitrogens with one attached hydrogen (secondary N) is 1. The monoisotopic (exact) mass is 356 g/mol. The van der Waals surface area contributed by atoms with Gasteiger partial charge in [-0.15, -0.1) is 0 Å². The number of fused-ring (bicyclic) bond motifs is 4. The highest BCUT2D eigenvalue weighted by atomic mass is 16.5. The second-order valence-electron chi connectivity index (χ2n) is 7.30. The number of aryl methyl sites for hydroxylation is 1. The smallest absolute Gasteiger partial charge is 0.317 e. The van der Waals surface area contributed by atoms with Crippen molar-refractivity contribution in [1.29, 1.82) is 0 Å². The molecule has 2 aliphatic heterocycles. The van der Waals surface area contributed by atoms with E-state index in [9.17, 15) is 9.59 Å². The molecular formula is C19H24N4O3. The first-order valence-electron chi connectivity index (χ1n) is 9.31. The lowest BCUT2D eigenvalue weighted by Gasteiger charge is -2.42. The Morgan fingerprint density at radius 2 is 2.23 bits per heavy atom. The van der Waals surface area contributed by atoms with Crippen LogP contribution >= 0.6 is 0 Å². The standard InChI is InChI=1S/C19H24N4O3/c1-2-4-15-8-16(26-21-15)9-20-19(25)22-10-13-7-14(12-22)17-5-3-6-18(24)23(17)11-13/h3,5-6,8,13-14H,2,4,7,9-12H2,1H3,(H,20,25). The van der Waals surface area contributed by atoms with Crippen LogP contribution in [0.25, 0.3) is 0 Å². The summed E-state index contributed by atoms with van der Waals surface area (Å²) >= 11 is 0. The predicted octanol–water partition coefficient (Wildman–Crippen LogP) is 2.12. The molecule has 1 fully saturated rings. The van der Waals surface area contributed by atoms with Gasteiger partial charge in [0.25, 0.3) is 5.56 Å². The molecule has 2 amide bonds. The van der Waals surface area contributed by atoms with Gasteiger partial charge < -0.3 is 19.3 Å². The zero-order chi connectivity index (χ0) is 18.1. The fourth-order valence-corrected chi connectivity index (χ4v) is 4.15. The van der Waals surface area contributed by atoms with E-state index in [4.69, 9.17) is 4.52 Å². The van der Waals surface area contributed by atoms with Crippen LogP contribution in [-0.2, 0) is 19.5 Å². The van der Waals surface area contributed by atoms with Gasteiger partial charge in [0, 0.05) is 43.4 Å². The predicted molar refractivity (Wildman–Crippen MR) is 95.9 cm³/mol. The van der Waals surface area contributed by atoms with Gasteiger partial charge in [-0.1, -0.05) is 24.6 Å². The van der Waals surface area contributed by atoms with Crippen LogP contribution in [0.15, 0.2) is 33.6 Å². The van der Waals surface area contributed by atoms with E-state index in [1.807, 2.05) is 27.7 Å². The van der Waals surface area contributed by atoms with Crippen LogP contribution in [-0.4, -0.2) is 33.7 Å². The van der Waals surface area contributed by atoms with Crippen molar-refractivity contribution in [3.63, 3.8) is 0 Å². The van der Waals surface area contributed by atoms with E-state index in [1.54, 1.807) is 6.07 Å². The number of amides is 2. The number of carbonyl (C=O) groups excluding carboxylic acids is 1. The molecule has 2 bridgehead atoms. The third kappa shape index (κ3) is 3.25. The molecule has 0 aromatic carbocycles. The topological polar surface area (TPSA) is 80.4 Å². The molecule has 2 aliphatic rings. The van der Waals surface area contributed by atoms with Crippen LogP contribution in [0, 0.1) is 5.92 Å². The van der Waals surface area contributed by atoms with Gasteiger partial charge in [0.15, 0.2) is 5.76 Å². The molecular weight excluding hydrogens is 332 g/mol. The molecule has 1 N–H and O–H groups in total. The zero-order valence-electron chi connectivity index (χ0n) is 15.0. The summed E-state index contributed by atoms with van der Waals surface area (Å²) in [7, 11) is 0. The van der Waals surface area contributed by atoms with Crippen molar-refractivity contribution >= 4 is 6.03 Å².